The smallest absolute Gasteiger partial charge is 0.158 e. The Morgan fingerprint density at radius 3 is 2.54 bits per heavy atom. The summed E-state index contributed by atoms with van der Waals surface area (Å²) in [5.41, 5.74) is 0. The van der Waals surface area contributed by atoms with Gasteiger partial charge in [-0.1, -0.05) is 13.8 Å². The fraction of sp³-hybridized carbons (Fsp3) is 1.00. The molecule has 0 radical (unpaired) electrons. The lowest BCUT2D eigenvalue weighted by Gasteiger charge is -2.23. The molecule has 0 saturated carbocycles. The molecule has 0 aromatic rings. The van der Waals surface area contributed by atoms with Gasteiger partial charge < -0.3 is 9.47 Å². The largest absolute Gasteiger partial charge is 0.353 e. The molecule has 0 amide bonds. The van der Waals surface area contributed by atoms with Gasteiger partial charge in [0.15, 0.2) is 6.29 Å². The topological polar surface area (TPSA) is 35.5 Å². The molecule has 1 atom stereocenters. The zero-order valence-corrected chi connectivity index (χ0v) is 9.14. The van der Waals surface area contributed by atoms with Crippen LogP contribution in [0.15, 0.2) is 0 Å². The molecule has 4 heteroatoms. The molecule has 1 fully saturated rings. The second-order valence-corrected chi connectivity index (χ2v) is 5.56. The van der Waals surface area contributed by atoms with Gasteiger partial charge >= 0.3 is 0 Å². The maximum Gasteiger partial charge on any atom is 0.158 e. The minimum absolute atomic E-state index is 0.114. The van der Waals surface area contributed by atoms with E-state index in [2.05, 4.69) is 0 Å². The molecule has 1 saturated heterocycles. The molecule has 0 aromatic heterocycles. The lowest BCUT2D eigenvalue weighted by atomic mass is 10.4. The van der Waals surface area contributed by atoms with Gasteiger partial charge in [0.1, 0.15) is 0 Å². The predicted molar refractivity (Wildman–Crippen MR) is 53.1 cm³/mol. The van der Waals surface area contributed by atoms with Crippen molar-refractivity contribution >= 4 is 10.8 Å². The highest BCUT2D eigenvalue weighted by molar-refractivity contribution is 7.85. The second-order valence-electron chi connectivity index (χ2n) is 3.45. The molecule has 3 nitrogen and oxygen atoms in total. The van der Waals surface area contributed by atoms with E-state index >= 15 is 0 Å². The van der Waals surface area contributed by atoms with Crippen molar-refractivity contribution in [3.8, 4) is 0 Å². The Balaban J connectivity index is 2.13. The molecule has 0 aliphatic carbocycles. The zero-order valence-electron chi connectivity index (χ0n) is 8.32. The maximum absolute atomic E-state index is 11.4. The summed E-state index contributed by atoms with van der Waals surface area (Å²) in [5, 5.41) is 0.239. The van der Waals surface area contributed by atoms with Crippen LogP contribution >= 0.6 is 0 Å². The molecule has 78 valence electrons. The van der Waals surface area contributed by atoms with Crippen molar-refractivity contribution < 1.29 is 13.7 Å². The summed E-state index contributed by atoms with van der Waals surface area (Å²) in [7, 11) is -0.733. The molecule has 1 heterocycles. The van der Waals surface area contributed by atoms with Crippen molar-refractivity contribution in [3.05, 3.63) is 0 Å². The van der Waals surface area contributed by atoms with Crippen molar-refractivity contribution in [2.75, 3.05) is 19.0 Å². The lowest BCUT2D eigenvalue weighted by Crippen LogP contribution is -2.27. The second kappa shape index (κ2) is 5.73. The number of ether oxygens (including phenoxy) is 2. The van der Waals surface area contributed by atoms with Gasteiger partial charge in [-0.2, -0.15) is 0 Å². The lowest BCUT2D eigenvalue weighted by molar-refractivity contribution is -0.178. The monoisotopic (exact) mass is 206 g/mol. The van der Waals surface area contributed by atoms with Crippen molar-refractivity contribution in [1.29, 1.82) is 0 Å². The highest BCUT2D eigenvalue weighted by atomic mass is 32.2. The summed E-state index contributed by atoms with van der Waals surface area (Å²) < 4.78 is 22.1. The van der Waals surface area contributed by atoms with Crippen molar-refractivity contribution in [1.82, 2.24) is 0 Å². The van der Waals surface area contributed by atoms with Crippen LogP contribution in [-0.4, -0.2) is 34.7 Å². The van der Waals surface area contributed by atoms with Gasteiger partial charge in [0.2, 0.25) is 0 Å². The minimum Gasteiger partial charge on any atom is -0.353 e. The van der Waals surface area contributed by atoms with Gasteiger partial charge in [0.25, 0.3) is 0 Å². The summed E-state index contributed by atoms with van der Waals surface area (Å²) in [4.78, 5) is 0. The first-order valence-electron chi connectivity index (χ1n) is 4.80. The van der Waals surface area contributed by atoms with E-state index in [9.17, 15) is 4.21 Å². The molecular formula is C9H18O3S. The highest BCUT2D eigenvalue weighted by Gasteiger charge is 2.15. The van der Waals surface area contributed by atoms with E-state index in [1.54, 1.807) is 0 Å². The summed E-state index contributed by atoms with van der Waals surface area (Å²) in [5.74, 6) is 0.683. The zero-order chi connectivity index (χ0) is 9.68. The normalized spacial score (nSPS) is 22.1. The predicted octanol–water partition coefficient (Wildman–Crippen LogP) is 1.30. The molecule has 1 aliphatic rings. The van der Waals surface area contributed by atoms with Gasteiger partial charge in [-0.3, -0.25) is 4.21 Å². The molecule has 0 bridgehead atoms. The Morgan fingerprint density at radius 2 is 2.00 bits per heavy atom. The third kappa shape index (κ3) is 4.20. The van der Waals surface area contributed by atoms with Gasteiger partial charge in [0, 0.05) is 28.2 Å². The molecule has 13 heavy (non-hydrogen) atoms. The molecular weight excluding hydrogens is 188 g/mol. The average Bonchev–Trinajstić information content (AvgIpc) is 2.15. The van der Waals surface area contributed by atoms with Gasteiger partial charge in [0.05, 0.1) is 13.2 Å². The molecule has 0 N–H and O–H groups in total. The Hall–Kier alpha value is 0.0700. The van der Waals surface area contributed by atoms with Gasteiger partial charge in [-0.25, -0.2) is 0 Å². The fourth-order valence-electron chi connectivity index (χ4n) is 1.15. The Kier molecular flexibility index (Phi) is 4.91. The first kappa shape index (κ1) is 11.1. The molecule has 0 spiro atoms. The number of hydrogen-bond acceptors (Lipinski definition) is 3. The van der Waals surface area contributed by atoms with Crippen LogP contribution in [0.2, 0.25) is 0 Å². The molecule has 0 aromatic carbocycles. The van der Waals surface area contributed by atoms with Gasteiger partial charge in [-0.15, -0.1) is 0 Å². The van der Waals surface area contributed by atoms with Crippen LogP contribution < -0.4 is 0 Å². The van der Waals surface area contributed by atoms with E-state index in [-0.39, 0.29) is 11.5 Å². The first-order valence-corrected chi connectivity index (χ1v) is 6.18. The van der Waals surface area contributed by atoms with Crippen LogP contribution in [0.25, 0.3) is 0 Å². The highest BCUT2D eigenvalue weighted by Crippen LogP contribution is 2.09. The molecule has 1 unspecified atom stereocenters. The summed E-state index contributed by atoms with van der Waals surface area (Å²) in [6, 6.07) is 0. The standard InChI is InChI=1S/C9H18O3S/c1-8(2)13(10)7-4-9-11-5-3-6-12-9/h8-9H,3-7H2,1-2H3. The van der Waals surface area contributed by atoms with Crippen molar-refractivity contribution in [3.63, 3.8) is 0 Å². The van der Waals surface area contributed by atoms with Crippen LogP contribution in [0.5, 0.6) is 0 Å². The Labute approximate surface area is 82.3 Å². The minimum atomic E-state index is -0.733. The Morgan fingerprint density at radius 1 is 1.38 bits per heavy atom. The SMILES string of the molecule is CC(C)S(=O)CCC1OCCCO1. The van der Waals surface area contributed by atoms with E-state index in [4.69, 9.17) is 9.47 Å². The number of rotatable bonds is 4. The van der Waals surface area contributed by atoms with E-state index in [0.717, 1.165) is 26.1 Å². The molecule has 1 aliphatic heterocycles. The first-order chi connectivity index (χ1) is 6.20. The van der Waals surface area contributed by atoms with Crippen molar-refractivity contribution in [2.45, 2.75) is 38.2 Å². The van der Waals surface area contributed by atoms with Gasteiger partial charge in [-0.05, 0) is 6.42 Å². The van der Waals surface area contributed by atoms with E-state index < -0.39 is 10.8 Å². The third-order valence-corrected chi connectivity index (χ3v) is 3.67. The fourth-order valence-corrected chi connectivity index (χ4v) is 2.05. The maximum atomic E-state index is 11.4. The molecule has 1 rings (SSSR count). The van der Waals surface area contributed by atoms with E-state index in [1.165, 1.54) is 0 Å². The summed E-state index contributed by atoms with van der Waals surface area (Å²) in [6.07, 6.45) is 1.62. The van der Waals surface area contributed by atoms with E-state index in [1.807, 2.05) is 13.8 Å². The average molecular weight is 206 g/mol. The Bertz CT molecular complexity index is 164. The van der Waals surface area contributed by atoms with Crippen LogP contribution in [0.4, 0.5) is 0 Å². The third-order valence-electron chi connectivity index (χ3n) is 1.98. The van der Waals surface area contributed by atoms with Crippen molar-refractivity contribution in [2.24, 2.45) is 0 Å². The van der Waals surface area contributed by atoms with Crippen LogP contribution in [0.3, 0.4) is 0 Å². The summed E-state index contributed by atoms with van der Waals surface area (Å²) in [6.45, 7) is 5.50. The van der Waals surface area contributed by atoms with Crippen LogP contribution in [0, 0.1) is 0 Å². The van der Waals surface area contributed by atoms with E-state index in [0.29, 0.717) is 5.75 Å². The number of hydrogen-bond donors (Lipinski definition) is 0. The quantitative estimate of drug-likeness (QED) is 0.695. The van der Waals surface area contributed by atoms with Crippen LogP contribution in [0.1, 0.15) is 26.7 Å². The summed E-state index contributed by atoms with van der Waals surface area (Å²) >= 11 is 0. The van der Waals surface area contributed by atoms with Crippen LogP contribution in [-0.2, 0) is 20.3 Å².